The van der Waals surface area contributed by atoms with Gasteiger partial charge in [0.2, 0.25) is 0 Å². The van der Waals surface area contributed by atoms with E-state index in [1.807, 2.05) is 18.3 Å². The van der Waals surface area contributed by atoms with Crippen molar-refractivity contribution in [3.8, 4) is 11.1 Å². The second-order valence-corrected chi connectivity index (χ2v) is 7.37. The van der Waals surface area contributed by atoms with Crippen LogP contribution in [0.15, 0.2) is 30.7 Å². The van der Waals surface area contributed by atoms with Crippen LogP contribution in [0.5, 0.6) is 0 Å². The number of hydrogen-bond donors (Lipinski definition) is 2. The number of nitrogens with zero attached hydrogens (tertiary/aromatic N) is 3. The third-order valence-corrected chi connectivity index (χ3v) is 5.51. The smallest absolute Gasteiger partial charge is 0.251 e. The third kappa shape index (κ3) is 2.36. The number of benzene rings is 1. The molecule has 1 amide bonds. The lowest BCUT2D eigenvalue weighted by atomic mass is 9.98. The topological polar surface area (TPSA) is 73.9 Å². The maximum absolute atomic E-state index is 12.0. The zero-order chi connectivity index (χ0) is 17.7. The van der Waals surface area contributed by atoms with Crippen LogP contribution in [0.25, 0.3) is 22.2 Å². The quantitative estimate of drug-likeness (QED) is 0.747. The summed E-state index contributed by atoms with van der Waals surface area (Å²) in [7, 11) is 0. The van der Waals surface area contributed by atoms with Crippen molar-refractivity contribution in [1.82, 2.24) is 20.3 Å². The van der Waals surface area contributed by atoms with Crippen LogP contribution in [-0.4, -0.2) is 33.9 Å². The van der Waals surface area contributed by atoms with Crippen LogP contribution < -0.4 is 10.2 Å². The van der Waals surface area contributed by atoms with E-state index in [9.17, 15) is 4.79 Å². The van der Waals surface area contributed by atoms with Gasteiger partial charge in [0.05, 0.1) is 5.39 Å². The Hall–Kier alpha value is -2.89. The Labute approximate surface area is 151 Å². The molecule has 0 bridgehead atoms. The summed E-state index contributed by atoms with van der Waals surface area (Å²) in [6.45, 7) is 4.95. The summed E-state index contributed by atoms with van der Waals surface area (Å²) in [6.07, 6.45) is 6.06. The lowest BCUT2D eigenvalue weighted by Gasteiger charge is -2.32. The van der Waals surface area contributed by atoms with Crippen LogP contribution in [-0.2, 0) is 6.54 Å². The molecule has 2 aliphatic rings. The number of aromatic nitrogens is 3. The Morgan fingerprint density at radius 1 is 1.23 bits per heavy atom. The number of carbonyl (C=O) groups is 1. The Balaban J connectivity index is 1.65. The molecule has 2 N–H and O–H groups in total. The van der Waals surface area contributed by atoms with Crippen molar-refractivity contribution < 1.29 is 4.79 Å². The fourth-order valence-electron chi connectivity index (χ4n) is 4.18. The highest BCUT2D eigenvalue weighted by atomic mass is 16.1. The van der Waals surface area contributed by atoms with Gasteiger partial charge in [-0.25, -0.2) is 9.97 Å². The lowest BCUT2D eigenvalue weighted by Crippen LogP contribution is -2.35. The Morgan fingerprint density at radius 2 is 2.15 bits per heavy atom. The van der Waals surface area contributed by atoms with Gasteiger partial charge >= 0.3 is 0 Å². The summed E-state index contributed by atoms with van der Waals surface area (Å²) < 4.78 is 0. The highest BCUT2D eigenvalue weighted by Gasteiger charge is 2.24. The van der Waals surface area contributed by atoms with Gasteiger partial charge in [0.1, 0.15) is 17.8 Å². The standard InChI is InChI=1S/C20H21N5O/c1-12-3-2-6-25(10-12)19-17-16(9-21-18(17)23-11-24-19)13-4-5-14-8-22-20(26)15(14)7-13/h4-5,7,9,11-12H,2-3,6,8,10H2,1H3,(H,22,26)(H,21,23,24). The van der Waals surface area contributed by atoms with E-state index >= 15 is 0 Å². The zero-order valence-electron chi connectivity index (χ0n) is 14.7. The molecule has 0 radical (unpaired) electrons. The molecular formula is C20H21N5O. The minimum atomic E-state index is 0.00280. The monoisotopic (exact) mass is 347 g/mol. The van der Waals surface area contributed by atoms with Gasteiger partial charge in [-0.05, 0) is 36.0 Å². The van der Waals surface area contributed by atoms with E-state index in [-0.39, 0.29) is 5.91 Å². The maximum atomic E-state index is 12.0. The van der Waals surface area contributed by atoms with Gasteiger partial charge in [-0.2, -0.15) is 0 Å². The van der Waals surface area contributed by atoms with Gasteiger partial charge in [-0.15, -0.1) is 0 Å². The number of anilines is 1. The van der Waals surface area contributed by atoms with Gasteiger partial charge in [0.25, 0.3) is 5.91 Å². The van der Waals surface area contributed by atoms with E-state index in [1.54, 1.807) is 6.33 Å². The van der Waals surface area contributed by atoms with Crippen LogP contribution in [0, 0.1) is 5.92 Å². The zero-order valence-corrected chi connectivity index (χ0v) is 14.7. The molecule has 1 saturated heterocycles. The molecule has 26 heavy (non-hydrogen) atoms. The van der Waals surface area contributed by atoms with Crippen molar-refractivity contribution in [2.24, 2.45) is 5.92 Å². The summed E-state index contributed by atoms with van der Waals surface area (Å²) in [5.41, 5.74) is 4.74. The molecular weight excluding hydrogens is 326 g/mol. The molecule has 0 saturated carbocycles. The second-order valence-electron chi connectivity index (χ2n) is 7.37. The van der Waals surface area contributed by atoms with Gasteiger partial charge in [0, 0.05) is 37.0 Å². The fourth-order valence-corrected chi connectivity index (χ4v) is 4.18. The summed E-state index contributed by atoms with van der Waals surface area (Å²) in [5, 5.41) is 3.92. The average Bonchev–Trinajstić information content (AvgIpc) is 3.25. The molecule has 4 heterocycles. The van der Waals surface area contributed by atoms with Crippen LogP contribution in [0.2, 0.25) is 0 Å². The summed E-state index contributed by atoms with van der Waals surface area (Å²) >= 11 is 0. The van der Waals surface area contributed by atoms with Crippen LogP contribution >= 0.6 is 0 Å². The molecule has 6 heteroatoms. The van der Waals surface area contributed by atoms with Crippen molar-refractivity contribution >= 4 is 22.8 Å². The average molecular weight is 347 g/mol. The summed E-state index contributed by atoms with van der Waals surface area (Å²) in [5.74, 6) is 1.66. The Bertz CT molecular complexity index is 1010. The van der Waals surface area contributed by atoms with Crippen molar-refractivity contribution in [2.75, 3.05) is 18.0 Å². The van der Waals surface area contributed by atoms with Crippen LogP contribution in [0.3, 0.4) is 0 Å². The Morgan fingerprint density at radius 3 is 3.04 bits per heavy atom. The minimum absolute atomic E-state index is 0.00280. The number of rotatable bonds is 2. The number of carbonyl (C=O) groups excluding carboxylic acids is 1. The number of nitrogens with one attached hydrogen (secondary N) is 2. The first-order chi connectivity index (χ1) is 12.7. The molecule has 2 aromatic heterocycles. The van der Waals surface area contributed by atoms with Crippen molar-refractivity contribution in [2.45, 2.75) is 26.3 Å². The summed E-state index contributed by atoms with van der Waals surface area (Å²) in [4.78, 5) is 26.7. The van der Waals surface area contributed by atoms with E-state index in [4.69, 9.17) is 0 Å². The molecule has 5 rings (SSSR count). The molecule has 6 nitrogen and oxygen atoms in total. The number of aromatic amines is 1. The number of hydrogen-bond acceptors (Lipinski definition) is 4. The molecule has 1 atom stereocenters. The van der Waals surface area contributed by atoms with Crippen molar-refractivity contribution in [3.63, 3.8) is 0 Å². The molecule has 1 unspecified atom stereocenters. The number of amides is 1. The van der Waals surface area contributed by atoms with Gasteiger partial charge in [0.15, 0.2) is 0 Å². The SMILES string of the molecule is CC1CCCN(c2ncnc3[nH]cc(-c4ccc5c(c4)C(=O)NC5)c23)C1. The third-order valence-electron chi connectivity index (χ3n) is 5.51. The van der Waals surface area contributed by atoms with Gasteiger partial charge in [-0.1, -0.05) is 19.1 Å². The molecule has 132 valence electrons. The van der Waals surface area contributed by atoms with Gasteiger partial charge in [-0.3, -0.25) is 4.79 Å². The van der Waals surface area contributed by atoms with Crippen molar-refractivity contribution in [3.05, 3.63) is 41.9 Å². The van der Waals surface area contributed by atoms with E-state index in [0.29, 0.717) is 12.5 Å². The highest BCUT2D eigenvalue weighted by molar-refractivity contribution is 6.04. The first-order valence-corrected chi connectivity index (χ1v) is 9.19. The normalized spacial score (nSPS) is 19.7. The lowest BCUT2D eigenvalue weighted by molar-refractivity contribution is 0.0966. The largest absolute Gasteiger partial charge is 0.356 e. The molecule has 0 aliphatic carbocycles. The molecule has 0 spiro atoms. The second kappa shape index (κ2) is 5.83. The molecule has 2 aliphatic heterocycles. The Kier molecular flexibility index (Phi) is 3.45. The predicted octanol–water partition coefficient (Wildman–Crippen LogP) is 3.10. The highest BCUT2D eigenvalue weighted by Crippen LogP contribution is 2.36. The van der Waals surface area contributed by atoms with Gasteiger partial charge < -0.3 is 15.2 Å². The molecule has 3 aromatic rings. The fraction of sp³-hybridized carbons (Fsp3) is 0.350. The predicted molar refractivity (Wildman–Crippen MR) is 101 cm³/mol. The molecule has 1 fully saturated rings. The summed E-state index contributed by atoms with van der Waals surface area (Å²) in [6, 6.07) is 6.10. The number of H-pyrrole nitrogens is 1. The van der Waals surface area contributed by atoms with Crippen molar-refractivity contribution in [1.29, 1.82) is 0 Å². The van der Waals surface area contributed by atoms with E-state index in [1.165, 1.54) is 12.8 Å². The van der Waals surface area contributed by atoms with E-state index < -0.39 is 0 Å². The maximum Gasteiger partial charge on any atom is 0.251 e. The minimum Gasteiger partial charge on any atom is -0.356 e. The van der Waals surface area contributed by atoms with E-state index in [0.717, 1.165) is 52.2 Å². The number of piperidine rings is 1. The molecule has 1 aromatic carbocycles. The van der Waals surface area contributed by atoms with Crippen LogP contribution in [0.4, 0.5) is 5.82 Å². The first kappa shape index (κ1) is 15.4. The van der Waals surface area contributed by atoms with Crippen LogP contribution in [0.1, 0.15) is 35.7 Å². The van der Waals surface area contributed by atoms with E-state index in [2.05, 4.69) is 38.2 Å². The number of fused-ring (bicyclic) bond motifs is 2. The first-order valence-electron chi connectivity index (χ1n) is 9.19.